The lowest BCUT2D eigenvalue weighted by Gasteiger charge is -2.25. The van der Waals surface area contributed by atoms with Gasteiger partial charge in [-0.05, 0) is 56.0 Å². The summed E-state index contributed by atoms with van der Waals surface area (Å²) >= 11 is 0. The van der Waals surface area contributed by atoms with Crippen molar-refractivity contribution >= 4 is 28.2 Å². The Balaban J connectivity index is 2.20. The summed E-state index contributed by atoms with van der Waals surface area (Å²) in [5, 5.41) is 16.4. The Kier molecular flexibility index (Phi) is 3.71. The molecule has 0 radical (unpaired) electrons. The lowest BCUT2D eigenvalue weighted by atomic mass is 10.1. The molecule has 0 aliphatic carbocycles. The van der Waals surface area contributed by atoms with Crippen LogP contribution in [0.2, 0.25) is 0 Å². The first-order valence-corrected chi connectivity index (χ1v) is 8.16. The molecule has 136 valence electrons. The molecule has 0 fully saturated rings. The minimum atomic E-state index is -2.61. The lowest BCUT2D eigenvalue weighted by Crippen LogP contribution is -2.36. The number of aromatic nitrogens is 3. The van der Waals surface area contributed by atoms with Crippen LogP contribution in [-0.4, -0.2) is 31.8 Å². The molecule has 26 heavy (non-hydrogen) atoms. The second kappa shape index (κ2) is 6.76. The lowest BCUT2D eigenvalue weighted by molar-refractivity contribution is 0.234. The number of nitrogens with zero attached hydrogens (tertiary/aromatic N) is 3. The molecule has 3 aromatic rings. The van der Waals surface area contributed by atoms with Crippen LogP contribution in [0.1, 0.15) is 23.5 Å². The van der Waals surface area contributed by atoms with Crippen molar-refractivity contribution < 1.29 is 9.22 Å². The molecule has 3 N–H and O–H groups in total. The summed E-state index contributed by atoms with van der Waals surface area (Å²) in [4.78, 5) is 21.6. The fourth-order valence-electron chi connectivity index (χ4n) is 2.51. The van der Waals surface area contributed by atoms with E-state index < -0.39 is 18.1 Å². The number of rotatable bonds is 5. The van der Waals surface area contributed by atoms with Gasteiger partial charge >= 0.3 is 0 Å². The van der Waals surface area contributed by atoms with Gasteiger partial charge in [0.05, 0.1) is 17.5 Å². The molecule has 0 saturated heterocycles. The van der Waals surface area contributed by atoms with E-state index in [1.54, 1.807) is 32.2 Å². The monoisotopic (exact) mass is 356 g/mol. The fraction of sp³-hybridized carbons (Fsp3) is 0.316. The van der Waals surface area contributed by atoms with Gasteiger partial charge in [0.1, 0.15) is 17.5 Å². The Labute approximate surface area is 155 Å². The van der Waals surface area contributed by atoms with E-state index in [2.05, 4.69) is 20.6 Å². The van der Waals surface area contributed by atoms with Crippen LogP contribution in [0.4, 0.5) is 17.5 Å². The average molecular weight is 356 g/mol. The van der Waals surface area contributed by atoms with Crippen LogP contribution in [0.3, 0.4) is 0 Å². The molecule has 7 heteroatoms. The van der Waals surface area contributed by atoms with Crippen molar-refractivity contribution in [1.82, 2.24) is 14.5 Å². The number of aryl methyl sites for hydroxylation is 2. The van der Waals surface area contributed by atoms with Gasteiger partial charge in [-0.15, -0.1) is 0 Å². The van der Waals surface area contributed by atoms with Gasteiger partial charge < -0.3 is 20.3 Å². The number of fused-ring (bicyclic) bond motifs is 1. The molecular formula is C19H23N5O2. The molecule has 0 saturated carbocycles. The molecule has 0 aliphatic rings. The highest BCUT2D eigenvalue weighted by atomic mass is 16.3. The van der Waals surface area contributed by atoms with Crippen molar-refractivity contribution in [1.29, 1.82) is 0 Å². The Morgan fingerprint density at radius 3 is 2.81 bits per heavy atom. The van der Waals surface area contributed by atoms with E-state index in [1.807, 2.05) is 19.1 Å². The number of aliphatic hydroxyl groups is 1. The maximum atomic E-state index is 12.9. The van der Waals surface area contributed by atoms with Gasteiger partial charge in [0, 0.05) is 23.5 Å². The first-order chi connectivity index (χ1) is 13.5. The Morgan fingerprint density at radius 1 is 1.31 bits per heavy atom. The summed E-state index contributed by atoms with van der Waals surface area (Å²) in [6.07, 6.45) is 2.91. The van der Waals surface area contributed by atoms with E-state index in [0.29, 0.717) is 21.6 Å². The van der Waals surface area contributed by atoms with Gasteiger partial charge in [0.15, 0.2) is 0 Å². The van der Waals surface area contributed by atoms with Gasteiger partial charge in [0.2, 0.25) is 0 Å². The smallest absolute Gasteiger partial charge is 0.261 e. The topological polar surface area (TPSA) is 92.1 Å². The molecule has 0 aromatic carbocycles. The average Bonchev–Trinajstić information content (AvgIpc) is 2.60. The van der Waals surface area contributed by atoms with Crippen molar-refractivity contribution in [2.45, 2.75) is 26.3 Å². The highest BCUT2D eigenvalue weighted by molar-refractivity contribution is 5.93. The van der Waals surface area contributed by atoms with Gasteiger partial charge in [-0.1, -0.05) is 0 Å². The van der Waals surface area contributed by atoms with E-state index in [1.165, 1.54) is 6.20 Å². The molecule has 3 aromatic heterocycles. The number of pyridine rings is 3. The van der Waals surface area contributed by atoms with Crippen LogP contribution in [0.5, 0.6) is 0 Å². The van der Waals surface area contributed by atoms with E-state index in [4.69, 9.17) is 4.11 Å². The molecular weight excluding hydrogens is 330 g/mol. The van der Waals surface area contributed by atoms with Crippen LogP contribution < -0.4 is 16.2 Å². The predicted octanol–water partition coefficient (Wildman–Crippen LogP) is 2.56. The van der Waals surface area contributed by atoms with Crippen LogP contribution in [0.15, 0.2) is 41.5 Å². The molecule has 3 heterocycles. The normalized spacial score (nSPS) is 13.8. The van der Waals surface area contributed by atoms with Crippen LogP contribution in [0.25, 0.3) is 10.8 Å². The van der Waals surface area contributed by atoms with Crippen molar-refractivity contribution in [3.05, 3.63) is 52.6 Å². The predicted molar refractivity (Wildman–Crippen MR) is 104 cm³/mol. The van der Waals surface area contributed by atoms with Gasteiger partial charge in [0.25, 0.3) is 5.56 Å². The van der Waals surface area contributed by atoms with Crippen molar-refractivity contribution in [2.75, 3.05) is 17.2 Å². The minimum absolute atomic E-state index is 0.132. The van der Waals surface area contributed by atoms with E-state index in [9.17, 15) is 9.90 Å². The first kappa shape index (κ1) is 14.3. The molecule has 3 rings (SSSR count). The quantitative estimate of drug-likeness (QED) is 0.651. The highest BCUT2D eigenvalue weighted by Crippen LogP contribution is 2.26. The molecule has 0 amide bonds. The van der Waals surface area contributed by atoms with Crippen LogP contribution in [-0.2, 0) is 6.98 Å². The summed E-state index contributed by atoms with van der Waals surface area (Å²) in [5.74, 6) is 1.19. The number of hydrogen-bond donors (Lipinski definition) is 3. The summed E-state index contributed by atoms with van der Waals surface area (Å²) < 4.78 is 23.4. The molecule has 0 spiro atoms. The fourth-order valence-corrected chi connectivity index (χ4v) is 2.51. The van der Waals surface area contributed by atoms with Gasteiger partial charge in [-0.25, -0.2) is 9.97 Å². The van der Waals surface area contributed by atoms with E-state index in [-0.39, 0.29) is 17.8 Å². The number of hydrogen-bond acceptors (Lipinski definition) is 6. The third-order valence-electron chi connectivity index (χ3n) is 3.91. The zero-order chi connectivity index (χ0) is 21.4. The second-order valence-corrected chi connectivity index (χ2v) is 6.82. The maximum Gasteiger partial charge on any atom is 0.261 e. The van der Waals surface area contributed by atoms with Gasteiger partial charge in [-0.3, -0.25) is 4.79 Å². The van der Waals surface area contributed by atoms with E-state index in [0.717, 1.165) is 5.56 Å². The van der Waals surface area contributed by atoms with Crippen molar-refractivity contribution in [3.8, 4) is 0 Å². The number of aliphatic hydroxyl groups excluding tert-OH is 1. The Bertz CT molecular complexity index is 1110. The first-order valence-electron chi connectivity index (χ1n) is 9.66. The van der Waals surface area contributed by atoms with Gasteiger partial charge in [-0.2, -0.15) is 0 Å². The summed E-state index contributed by atoms with van der Waals surface area (Å²) in [7, 11) is 0. The summed E-state index contributed by atoms with van der Waals surface area (Å²) in [5.41, 5.74) is -0.456. The van der Waals surface area contributed by atoms with Crippen molar-refractivity contribution in [3.63, 3.8) is 0 Å². The largest absolute Gasteiger partial charge is 0.394 e. The SMILES string of the molecule is [2H]C([2H])([2H])n1ccc2cc(Nc3cc(C)ccn3)nc(NC(C)(C)CO)c2c1=O. The zero-order valence-corrected chi connectivity index (χ0v) is 14.9. The third kappa shape index (κ3) is 3.67. The Morgan fingerprint density at radius 2 is 2.12 bits per heavy atom. The second-order valence-electron chi connectivity index (χ2n) is 6.82. The molecule has 7 nitrogen and oxygen atoms in total. The third-order valence-corrected chi connectivity index (χ3v) is 3.91. The minimum Gasteiger partial charge on any atom is -0.394 e. The maximum absolute atomic E-state index is 12.9. The number of nitrogens with one attached hydrogen (secondary N) is 2. The summed E-state index contributed by atoms with van der Waals surface area (Å²) in [6, 6.07) is 6.93. The van der Waals surface area contributed by atoms with E-state index >= 15 is 0 Å². The highest BCUT2D eigenvalue weighted by Gasteiger charge is 2.20. The number of anilines is 3. The standard InChI is InChI=1S/C19H23N5O2/c1-12-5-7-20-14(9-12)21-15-10-13-6-8-24(4)18(26)16(13)17(22-15)23-19(2,3)11-25/h5-10,25H,11H2,1-4H3,(H2,20,21,22,23)/i4D3. The molecule has 0 unspecified atom stereocenters. The Hall–Kier alpha value is -2.93. The molecule has 0 bridgehead atoms. The van der Waals surface area contributed by atoms with Crippen LogP contribution >= 0.6 is 0 Å². The molecule has 0 atom stereocenters. The summed E-state index contributed by atoms with van der Waals surface area (Å²) in [6.45, 7) is 2.60. The molecule has 0 aliphatic heterocycles. The zero-order valence-electron chi connectivity index (χ0n) is 17.9. The van der Waals surface area contributed by atoms with Crippen LogP contribution in [0, 0.1) is 6.92 Å². The van der Waals surface area contributed by atoms with Crippen molar-refractivity contribution in [2.24, 2.45) is 6.98 Å².